The number of benzene rings is 2. The second-order valence-corrected chi connectivity index (χ2v) is 7.71. The summed E-state index contributed by atoms with van der Waals surface area (Å²) in [6.07, 6.45) is 1.68. The third-order valence-corrected chi connectivity index (χ3v) is 5.61. The molecule has 0 spiro atoms. The van der Waals surface area contributed by atoms with Crippen LogP contribution in [0.5, 0.6) is 11.5 Å². The van der Waals surface area contributed by atoms with Gasteiger partial charge in [-0.25, -0.2) is 9.97 Å². The number of carbonyl (C=O) groups is 1. The molecular weight excluding hydrogens is 400 g/mol. The third kappa shape index (κ3) is 3.81. The van der Waals surface area contributed by atoms with Gasteiger partial charge in [-0.1, -0.05) is 23.9 Å². The van der Waals surface area contributed by atoms with Crippen LogP contribution in [0.2, 0.25) is 0 Å². The Morgan fingerprint density at radius 1 is 1.07 bits per heavy atom. The molecule has 0 bridgehead atoms. The number of hydrogen-bond acceptors (Lipinski definition) is 6. The molecule has 0 atom stereocenters. The van der Waals surface area contributed by atoms with E-state index in [4.69, 9.17) is 9.47 Å². The Balaban J connectivity index is 1.32. The van der Waals surface area contributed by atoms with Crippen molar-refractivity contribution in [2.24, 2.45) is 0 Å². The molecule has 1 aliphatic rings. The van der Waals surface area contributed by atoms with E-state index in [1.54, 1.807) is 18.3 Å². The lowest BCUT2D eigenvalue weighted by Crippen LogP contribution is -2.24. The maximum Gasteiger partial charge on any atom is 0.254 e. The molecule has 0 radical (unpaired) electrons. The molecule has 4 aromatic rings. The quantitative estimate of drug-likeness (QED) is 0.512. The second kappa shape index (κ2) is 8.08. The number of amides is 1. The molecule has 2 N–H and O–H groups in total. The number of para-hydroxylation sites is 2. The summed E-state index contributed by atoms with van der Waals surface area (Å²) in [4.78, 5) is 25.9. The number of nitrogens with zero attached hydrogens (tertiary/aromatic N) is 2. The fraction of sp³-hybridized carbons (Fsp3) is 0.136. The molecule has 2 aromatic carbocycles. The Morgan fingerprint density at radius 3 is 2.83 bits per heavy atom. The predicted octanol–water partition coefficient (Wildman–Crippen LogP) is 3.81. The monoisotopic (exact) mass is 418 g/mol. The van der Waals surface area contributed by atoms with Crippen LogP contribution in [0.25, 0.3) is 11.0 Å². The van der Waals surface area contributed by atoms with E-state index in [0.29, 0.717) is 41.9 Å². The number of fused-ring (bicyclic) bond motifs is 2. The lowest BCUT2D eigenvalue weighted by molar-refractivity contribution is 0.0946. The highest BCUT2D eigenvalue weighted by Gasteiger charge is 2.16. The van der Waals surface area contributed by atoms with Crippen molar-refractivity contribution in [3.8, 4) is 11.5 Å². The van der Waals surface area contributed by atoms with E-state index in [1.165, 1.54) is 11.8 Å². The molecule has 0 aliphatic carbocycles. The Kier molecular flexibility index (Phi) is 4.98. The summed E-state index contributed by atoms with van der Waals surface area (Å²) in [5.41, 5.74) is 2.32. The summed E-state index contributed by atoms with van der Waals surface area (Å²) < 4.78 is 11.2. The van der Waals surface area contributed by atoms with Crippen LogP contribution in [0.4, 0.5) is 0 Å². The van der Waals surface area contributed by atoms with Gasteiger partial charge in [0.1, 0.15) is 24.1 Å². The van der Waals surface area contributed by atoms with Gasteiger partial charge in [0.25, 0.3) is 5.91 Å². The average molecular weight is 418 g/mol. The highest BCUT2D eigenvalue weighted by Crippen LogP contribution is 2.37. The highest BCUT2D eigenvalue weighted by molar-refractivity contribution is 7.99. The summed E-state index contributed by atoms with van der Waals surface area (Å²) >= 11 is 1.41. The first-order valence-corrected chi connectivity index (χ1v) is 10.3. The molecule has 1 amide bonds. The minimum Gasteiger partial charge on any atom is -0.486 e. The predicted molar refractivity (Wildman–Crippen MR) is 113 cm³/mol. The van der Waals surface area contributed by atoms with Crippen LogP contribution < -0.4 is 14.8 Å². The van der Waals surface area contributed by atoms with E-state index in [9.17, 15) is 4.79 Å². The zero-order valence-electron chi connectivity index (χ0n) is 15.9. The zero-order chi connectivity index (χ0) is 20.3. The molecule has 0 saturated carbocycles. The SMILES string of the molecule is O=C(NCc1nc2ccccc2[nH]1)c1cccnc1Sc1ccc2c(c1)OCCO2. The first-order valence-electron chi connectivity index (χ1n) is 9.50. The minimum absolute atomic E-state index is 0.205. The summed E-state index contributed by atoms with van der Waals surface area (Å²) in [5, 5.41) is 3.54. The summed E-state index contributed by atoms with van der Waals surface area (Å²) in [7, 11) is 0. The third-order valence-electron chi connectivity index (χ3n) is 4.60. The van der Waals surface area contributed by atoms with Crippen molar-refractivity contribution in [3.05, 3.63) is 72.2 Å². The standard InChI is InChI=1S/C22H18N4O3S/c27-21(24-13-20-25-16-5-1-2-6-17(16)26-20)15-4-3-9-23-22(15)30-14-7-8-18-19(12-14)29-11-10-28-18/h1-9,12H,10-11,13H2,(H,24,27)(H,25,26). The maximum absolute atomic E-state index is 12.8. The largest absolute Gasteiger partial charge is 0.486 e. The van der Waals surface area contributed by atoms with Gasteiger partial charge in [-0.2, -0.15) is 0 Å². The van der Waals surface area contributed by atoms with Crippen molar-refractivity contribution in [1.29, 1.82) is 0 Å². The van der Waals surface area contributed by atoms with Gasteiger partial charge in [0, 0.05) is 11.1 Å². The smallest absolute Gasteiger partial charge is 0.254 e. The molecule has 150 valence electrons. The van der Waals surface area contributed by atoms with E-state index in [2.05, 4.69) is 20.3 Å². The van der Waals surface area contributed by atoms with E-state index in [0.717, 1.165) is 21.7 Å². The van der Waals surface area contributed by atoms with Crippen molar-refractivity contribution in [3.63, 3.8) is 0 Å². The van der Waals surface area contributed by atoms with Crippen LogP contribution in [0, 0.1) is 0 Å². The fourth-order valence-corrected chi connectivity index (χ4v) is 4.10. The van der Waals surface area contributed by atoms with Crippen LogP contribution >= 0.6 is 11.8 Å². The summed E-state index contributed by atoms with van der Waals surface area (Å²) in [6, 6.07) is 17.0. The average Bonchev–Trinajstić information content (AvgIpc) is 3.21. The Labute approximate surface area is 176 Å². The first kappa shape index (κ1) is 18.5. The van der Waals surface area contributed by atoms with Crippen LogP contribution in [-0.2, 0) is 6.54 Å². The van der Waals surface area contributed by atoms with E-state index < -0.39 is 0 Å². The van der Waals surface area contributed by atoms with Crippen LogP contribution in [0.1, 0.15) is 16.2 Å². The van der Waals surface area contributed by atoms with Gasteiger partial charge in [-0.05, 0) is 42.5 Å². The number of aromatic amines is 1. The van der Waals surface area contributed by atoms with Gasteiger partial charge in [0.15, 0.2) is 11.5 Å². The first-order chi connectivity index (χ1) is 14.8. The molecule has 0 fully saturated rings. The molecule has 0 unspecified atom stereocenters. The second-order valence-electron chi connectivity index (χ2n) is 6.65. The molecule has 0 saturated heterocycles. The van der Waals surface area contributed by atoms with Crippen LogP contribution in [0.3, 0.4) is 0 Å². The number of nitrogens with one attached hydrogen (secondary N) is 2. The minimum atomic E-state index is -0.205. The maximum atomic E-state index is 12.8. The molecule has 8 heteroatoms. The molecule has 3 heterocycles. The molecular formula is C22H18N4O3S. The van der Waals surface area contributed by atoms with Crippen molar-refractivity contribution in [1.82, 2.24) is 20.3 Å². The highest BCUT2D eigenvalue weighted by atomic mass is 32.2. The molecule has 7 nitrogen and oxygen atoms in total. The number of imidazole rings is 1. The molecule has 1 aliphatic heterocycles. The Hall–Kier alpha value is -3.52. The van der Waals surface area contributed by atoms with Gasteiger partial charge >= 0.3 is 0 Å². The Morgan fingerprint density at radius 2 is 1.93 bits per heavy atom. The normalized spacial score (nSPS) is 12.7. The molecule has 2 aromatic heterocycles. The van der Waals surface area contributed by atoms with Gasteiger partial charge in [-0.15, -0.1) is 0 Å². The van der Waals surface area contributed by atoms with Gasteiger partial charge < -0.3 is 19.8 Å². The van der Waals surface area contributed by atoms with Gasteiger partial charge in [-0.3, -0.25) is 4.79 Å². The lowest BCUT2D eigenvalue weighted by atomic mass is 10.2. The zero-order valence-corrected chi connectivity index (χ0v) is 16.7. The van der Waals surface area contributed by atoms with Crippen molar-refractivity contribution < 1.29 is 14.3 Å². The van der Waals surface area contributed by atoms with Crippen LogP contribution in [0.15, 0.2) is 70.7 Å². The number of aromatic nitrogens is 3. The van der Waals surface area contributed by atoms with Crippen LogP contribution in [-0.4, -0.2) is 34.1 Å². The number of pyridine rings is 1. The number of carbonyl (C=O) groups excluding carboxylic acids is 1. The summed E-state index contributed by atoms with van der Waals surface area (Å²) in [6.45, 7) is 1.38. The van der Waals surface area contributed by atoms with E-state index in [-0.39, 0.29) is 5.91 Å². The fourth-order valence-electron chi connectivity index (χ4n) is 3.19. The molecule has 5 rings (SSSR count). The topological polar surface area (TPSA) is 89.1 Å². The van der Waals surface area contributed by atoms with Crippen molar-refractivity contribution in [2.75, 3.05) is 13.2 Å². The van der Waals surface area contributed by atoms with E-state index >= 15 is 0 Å². The number of rotatable bonds is 5. The Bertz CT molecular complexity index is 1190. The van der Waals surface area contributed by atoms with Crippen molar-refractivity contribution in [2.45, 2.75) is 16.5 Å². The number of ether oxygens (including phenoxy) is 2. The number of H-pyrrole nitrogens is 1. The summed E-state index contributed by atoms with van der Waals surface area (Å²) in [5.74, 6) is 1.94. The molecule has 30 heavy (non-hydrogen) atoms. The van der Waals surface area contributed by atoms with E-state index in [1.807, 2.05) is 42.5 Å². The number of hydrogen-bond donors (Lipinski definition) is 2. The lowest BCUT2D eigenvalue weighted by Gasteiger charge is -2.18. The van der Waals surface area contributed by atoms with Crippen molar-refractivity contribution >= 4 is 28.7 Å². The van der Waals surface area contributed by atoms with Gasteiger partial charge in [0.05, 0.1) is 23.1 Å². The van der Waals surface area contributed by atoms with Gasteiger partial charge in [0.2, 0.25) is 0 Å².